The largest absolute Gasteiger partial charge is 0.507 e. The van der Waals surface area contributed by atoms with Crippen LogP contribution in [0.3, 0.4) is 0 Å². The van der Waals surface area contributed by atoms with Crippen LogP contribution in [0.1, 0.15) is 23.4 Å². The van der Waals surface area contributed by atoms with E-state index in [4.69, 9.17) is 25.8 Å². The first-order valence-electron chi connectivity index (χ1n) is 11.0. The Bertz CT molecular complexity index is 1240. The van der Waals surface area contributed by atoms with Gasteiger partial charge in [-0.25, -0.2) is 0 Å². The molecule has 1 aliphatic rings. The zero-order valence-electron chi connectivity index (χ0n) is 19.2. The molecule has 0 radical (unpaired) electrons. The fourth-order valence-corrected chi connectivity index (χ4v) is 4.93. The summed E-state index contributed by atoms with van der Waals surface area (Å²) in [5, 5.41) is 13.3. The van der Waals surface area contributed by atoms with Gasteiger partial charge in [0.15, 0.2) is 0 Å². The number of thiophene rings is 1. The Balaban J connectivity index is 1.65. The van der Waals surface area contributed by atoms with Crippen LogP contribution in [-0.2, 0) is 9.59 Å². The van der Waals surface area contributed by atoms with Gasteiger partial charge in [-0.3, -0.25) is 9.59 Å². The summed E-state index contributed by atoms with van der Waals surface area (Å²) >= 11 is 7.74. The van der Waals surface area contributed by atoms with Gasteiger partial charge in [-0.05, 0) is 60.8 Å². The van der Waals surface area contributed by atoms with E-state index < -0.39 is 17.7 Å². The van der Waals surface area contributed by atoms with Gasteiger partial charge < -0.3 is 24.2 Å². The monoisotopic (exact) mass is 513 g/mol. The molecular formula is C26H24ClNO6S. The molecule has 35 heavy (non-hydrogen) atoms. The quantitative estimate of drug-likeness (QED) is 0.237. The second kappa shape index (κ2) is 10.8. The van der Waals surface area contributed by atoms with E-state index in [0.29, 0.717) is 23.9 Å². The van der Waals surface area contributed by atoms with Crippen LogP contribution in [0.4, 0.5) is 0 Å². The molecule has 182 valence electrons. The van der Waals surface area contributed by atoms with Gasteiger partial charge >= 0.3 is 0 Å². The van der Waals surface area contributed by atoms with Crippen LogP contribution >= 0.6 is 22.9 Å². The molecule has 0 aliphatic carbocycles. The number of likely N-dealkylation sites (tertiary alicyclic amines) is 1. The molecule has 2 heterocycles. The number of Topliss-reactive ketones (excluding diaryl/α,β-unsaturated/α-hetero) is 1. The molecule has 7 nitrogen and oxygen atoms in total. The molecule has 9 heteroatoms. The molecule has 3 aromatic rings. The van der Waals surface area contributed by atoms with Gasteiger partial charge in [0.2, 0.25) is 0 Å². The molecule has 4 rings (SSSR count). The van der Waals surface area contributed by atoms with E-state index >= 15 is 0 Å². The average molecular weight is 514 g/mol. The molecule has 1 aromatic heterocycles. The highest BCUT2D eigenvalue weighted by molar-refractivity contribution is 7.10. The average Bonchev–Trinajstić information content (AvgIpc) is 3.48. The lowest BCUT2D eigenvalue weighted by Crippen LogP contribution is -2.33. The zero-order valence-corrected chi connectivity index (χ0v) is 20.8. The number of methoxy groups -OCH3 is 1. The maximum atomic E-state index is 13.1. The number of ketones is 1. The van der Waals surface area contributed by atoms with Crippen LogP contribution in [0.5, 0.6) is 17.2 Å². The normalized spacial score (nSPS) is 17.0. The van der Waals surface area contributed by atoms with Crippen molar-refractivity contribution in [3.8, 4) is 17.2 Å². The van der Waals surface area contributed by atoms with Gasteiger partial charge in [0.25, 0.3) is 11.7 Å². The van der Waals surface area contributed by atoms with E-state index in [1.165, 1.54) is 16.2 Å². The van der Waals surface area contributed by atoms with Gasteiger partial charge in [-0.2, -0.15) is 0 Å². The Morgan fingerprint density at radius 1 is 1.06 bits per heavy atom. The highest BCUT2D eigenvalue weighted by Crippen LogP contribution is 2.42. The summed E-state index contributed by atoms with van der Waals surface area (Å²) in [7, 11) is 1.58. The van der Waals surface area contributed by atoms with Crippen LogP contribution in [0, 0.1) is 0 Å². The van der Waals surface area contributed by atoms with E-state index in [1.54, 1.807) is 49.6 Å². The second-order valence-corrected chi connectivity index (χ2v) is 8.99. The lowest BCUT2D eigenvalue weighted by atomic mass is 9.99. The smallest absolute Gasteiger partial charge is 0.295 e. The summed E-state index contributed by atoms with van der Waals surface area (Å²) in [6.07, 6.45) is 0. The number of nitrogens with zero attached hydrogens (tertiary/aromatic N) is 1. The van der Waals surface area contributed by atoms with Gasteiger partial charge in [-0.1, -0.05) is 17.7 Å². The summed E-state index contributed by atoms with van der Waals surface area (Å²) in [6, 6.07) is 14.8. The first kappa shape index (κ1) is 24.6. The molecule has 0 saturated carbocycles. The summed E-state index contributed by atoms with van der Waals surface area (Å²) in [6.45, 7) is 2.56. The Morgan fingerprint density at radius 2 is 1.77 bits per heavy atom. The summed E-state index contributed by atoms with van der Waals surface area (Å²) in [5.74, 6) is -0.0222. The predicted molar refractivity (Wildman–Crippen MR) is 134 cm³/mol. The fraction of sp³-hybridized carbons (Fsp3) is 0.231. The van der Waals surface area contributed by atoms with Crippen LogP contribution in [0.15, 0.2) is 65.6 Å². The van der Waals surface area contributed by atoms with Crippen molar-refractivity contribution in [3.63, 3.8) is 0 Å². The molecule has 1 N–H and O–H groups in total. The molecule has 1 unspecified atom stereocenters. The Hall–Kier alpha value is -3.49. The number of hydrogen-bond donors (Lipinski definition) is 1. The Labute approximate surface area is 212 Å². The van der Waals surface area contributed by atoms with Crippen molar-refractivity contribution < 1.29 is 28.9 Å². The Morgan fingerprint density at radius 3 is 2.43 bits per heavy atom. The third kappa shape index (κ3) is 5.13. The van der Waals surface area contributed by atoms with Crippen molar-refractivity contribution in [2.75, 3.05) is 26.9 Å². The molecule has 1 aliphatic heterocycles. The van der Waals surface area contributed by atoms with Gasteiger partial charge in [-0.15, -0.1) is 11.3 Å². The topological polar surface area (TPSA) is 85.3 Å². The van der Waals surface area contributed by atoms with Crippen LogP contribution < -0.4 is 14.2 Å². The van der Waals surface area contributed by atoms with Crippen LogP contribution in [-0.4, -0.2) is 48.6 Å². The SMILES string of the molecule is CCOc1ccc(Cl)c(/C(O)=C2/C(=O)C(=O)N(CCOc3ccc(OC)cc3)C2c2cccs2)c1. The molecule has 1 saturated heterocycles. The third-order valence-electron chi connectivity index (χ3n) is 5.52. The third-order valence-corrected chi connectivity index (χ3v) is 6.77. The van der Waals surface area contributed by atoms with E-state index in [9.17, 15) is 14.7 Å². The predicted octanol–water partition coefficient (Wildman–Crippen LogP) is 5.31. The van der Waals surface area contributed by atoms with Crippen molar-refractivity contribution in [1.29, 1.82) is 0 Å². The van der Waals surface area contributed by atoms with Crippen molar-refractivity contribution >= 4 is 40.4 Å². The number of amides is 1. The van der Waals surface area contributed by atoms with E-state index in [2.05, 4.69) is 0 Å². The molecule has 0 spiro atoms. The minimum atomic E-state index is -0.775. The molecule has 2 aromatic carbocycles. The van der Waals surface area contributed by atoms with Crippen molar-refractivity contribution in [2.45, 2.75) is 13.0 Å². The lowest BCUT2D eigenvalue weighted by Gasteiger charge is -2.24. The first-order chi connectivity index (χ1) is 16.9. The van der Waals surface area contributed by atoms with Crippen LogP contribution in [0.2, 0.25) is 5.02 Å². The van der Waals surface area contributed by atoms with Gasteiger partial charge in [0, 0.05) is 10.4 Å². The number of ether oxygens (including phenoxy) is 3. The maximum absolute atomic E-state index is 13.1. The summed E-state index contributed by atoms with van der Waals surface area (Å²) < 4.78 is 16.4. The van der Waals surface area contributed by atoms with Gasteiger partial charge in [0.05, 0.1) is 36.9 Å². The first-order valence-corrected chi connectivity index (χ1v) is 12.2. The van der Waals surface area contributed by atoms with E-state index in [1.807, 2.05) is 24.4 Å². The van der Waals surface area contributed by atoms with Crippen molar-refractivity contribution in [3.05, 3.63) is 81.0 Å². The summed E-state index contributed by atoms with van der Waals surface area (Å²) in [5.41, 5.74) is 0.212. The minimum Gasteiger partial charge on any atom is -0.507 e. The molecule has 1 fully saturated rings. The number of carbonyl (C=O) groups is 2. The van der Waals surface area contributed by atoms with Crippen LogP contribution in [0.25, 0.3) is 5.76 Å². The standard InChI is InChI=1S/C26H24ClNO6S/c1-3-33-18-10-11-20(27)19(15-18)24(29)22-23(21-5-4-14-35-21)28(26(31)25(22)30)12-13-34-17-8-6-16(32-2)7-9-17/h4-11,14-15,23,29H,3,12-13H2,1-2H3/b24-22-. The highest BCUT2D eigenvalue weighted by atomic mass is 35.5. The lowest BCUT2D eigenvalue weighted by molar-refractivity contribution is -0.140. The summed E-state index contributed by atoms with van der Waals surface area (Å²) in [4.78, 5) is 28.3. The highest BCUT2D eigenvalue weighted by Gasteiger charge is 2.46. The number of rotatable bonds is 9. The minimum absolute atomic E-state index is 0.0163. The molecule has 1 atom stereocenters. The maximum Gasteiger partial charge on any atom is 0.295 e. The van der Waals surface area contributed by atoms with Crippen molar-refractivity contribution in [2.24, 2.45) is 0 Å². The molecule has 0 bridgehead atoms. The number of aliphatic hydroxyl groups is 1. The number of benzene rings is 2. The van der Waals surface area contributed by atoms with Crippen molar-refractivity contribution in [1.82, 2.24) is 4.90 Å². The zero-order chi connectivity index (χ0) is 24.9. The number of halogens is 1. The fourth-order valence-electron chi connectivity index (χ4n) is 3.87. The van der Waals surface area contributed by atoms with E-state index in [-0.39, 0.29) is 35.1 Å². The molecular weight excluding hydrogens is 490 g/mol. The Kier molecular flexibility index (Phi) is 7.63. The number of carbonyl (C=O) groups excluding carboxylic acids is 2. The van der Waals surface area contributed by atoms with E-state index in [0.717, 1.165) is 4.88 Å². The number of aliphatic hydroxyl groups excluding tert-OH is 1. The second-order valence-electron chi connectivity index (χ2n) is 7.61. The number of hydrogen-bond acceptors (Lipinski definition) is 7. The molecule has 1 amide bonds. The van der Waals surface area contributed by atoms with Gasteiger partial charge in [0.1, 0.15) is 29.6 Å².